The lowest BCUT2D eigenvalue weighted by Gasteiger charge is -2.14. The summed E-state index contributed by atoms with van der Waals surface area (Å²) in [6, 6.07) is 3.18. The van der Waals surface area contributed by atoms with Gasteiger partial charge in [-0.3, -0.25) is 13.9 Å². The molecule has 1 aromatic carbocycles. The summed E-state index contributed by atoms with van der Waals surface area (Å²) in [5.41, 5.74) is -1.65. The number of H-pyrrole nitrogens is 1. The Morgan fingerprint density at radius 2 is 1.55 bits per heavy atom. The number of hydrogen-bond acceptors (Lipinski definition) is 3. The molecule has 0 aliphatic rings. The van der Waals surface area contributed by atoms with Crippen molar-refractivity contribution >= 4 is 36.7 Å². The number of fused-ring (bicyclic) bond motifs is 1. The van der Waals surface area contributed by atoms with E-state index in [1.165, 1.54) is 6.07 Å². The molecule has 0 saturated heterocycles. The fourth-order valence-corrected chi connectivity index (χ4v) is 4.22. The Kier molecular flexibility index (Phi) is 3.46. The molecule has 0 amide bonds. The summed E-state index contributed by atoms with van der Waals surface area (Å²) in [7, 11) is -10.6. The van der Waals surface area contributed by atoms with E-state index in [2.05, 4.69) is 0 Å². The molecule has 5 N–H and O–H groups in total. The fraction of sp³-hybridized carbons (Fsp3) is 0. The van der Waals surface area contributed by atoms with Crippen LogP contribution in [0.2, 0.25) is 0 Å². The zero-order valence-electron chi connectivity index (χ0n) is 9.52. The van der Waals surface area contributed by atoms with Crippen molar-refractivity contribution in [1.82, 2.24) is 4.98 Å². The SMILES string of the molecule is O=c1[nH]c2cccc(F)c2c(P(=O)(O)O)c1P(=O)(O)O. The minimum absolute atomic E-state index is 0.273. The molecule has 108 valence electrons. The maximum atomic E-state index is 13.8. The van der Waals surface area contributed by atoms with Gasteiger partial charge in [0.2, 0.25) is 0 Å². The normalized spacial score (nSPS) is 12.8. The van der Waals surface area contributed by atoms with Crippen LogP contribution in [0.15, 0.2) is 23.0 Å². The smallest absolute Gasteiger partial charge is 0.321 e. The molecule has 11 heteroatoms. The van der Waals surface area contributed by atoms with E-state index in [0.29, 0.717) is 0 Å². The van der Waals surface area contributed by atoms with E-state index < -0.39 is 42.6 Å². The van der Waals surface area contributed by atoms with Crippen LogP contribution in [-0.4, -0.2) is 24.6 Å². The Bertz CT molecular complexity index is 849. The third-order valence-corrected chi connectivity index (χ3v) is 4.74. The Morgan fingerprint density at radius 1 is 1.00 bits per heavy atom. The minimum Gasteiger partial charge on any atom is -0.321 e. The van der Waals surface area contributed by atoms with Gasteiger partial charge in [0, 0.05) is 0 Å². The molecule has 0 aliphatic heterocycles. The van der Waals surface area contributed by atoms with Gasteiger partial charge in [-0.2, -0.15) is 0 Å². The first-order valence-electron chi connectivity index (χ1n) is 5.00. The molecule has 0 unspecified atom stereocenters. The highest BCUT2D eigenvalue weighted by atomic mass is 31.2. The van der Waals surface area contributed by atoms with Gasteiger partial charge in [-0.05, 0) is 12.1 Å². The van der Waals surface area contributed by atoms with Crippen molar-refractivity contribution in [3.8, 4) is 0 Å². The first-order valence-corrected chi connectivity index (χ1v) is 8.22. The summed E-state index contributed by atoms with van der Waals surface area (Å²) in [5, 5.41) is -3.44. The second kappa shape index (κ2) is 4.60. The number of aromatic nitrogens is 1. The lowest BCUT2D eigenvalue weighted by molar-refractivity contribution is 0.381. The molecule has 0 saturated carbocycles. The lowest BCUT2D eigenvalue weighted by atomic mass is 10.2. The molecule has 0 atom stereocenters. The molecule has 20 heavy (non-hydrogen) atoms. The van der Waals surface area contributed by atoms with Gasteiger partial charge >= 0.3 is 15.2 Å². The van der Waals surface area contributed by atoms with E-state index in [9.17, 15) is 28.1 Å². The van der Waals surface area contributed by atoms with Crippen LogP contribution < -0.4 is 16.2 Å². The van der Waals surface area contributed by atoms with Gasteiger partial charge in [-0.15, -0.1) is 0 Å². The Balaban J connectivity index is 3.21. The van der Waals surface area contributed by atoms with Crippen LogP contribution in [0, 0.1) is 5.82 Å². The number of rotatable bonds is 2. The molecule has 2 aromatic rings. The van der Waals surface area contributed by atoms with Crippen molar-refractivity contribution in [1.29, 1.82) is 0 Å². The van der Waals surface area contributed by atoms with Gasteiger partial charge in [0.25, 0.3) is 5.56 Å². The van der Waals surface area contributed by atoms with Crippen molar-refractivity contribution in [2.75, 3.05) is 0 Å². The zero-order valence-corrected chi connectivity index (χ0v) is 11.3. The first kappa shape index (κ1) is 15.1. The third kappa shape index (κ3) is 2.47. The van der Waals surface area contributed by atoms with E-state index in [1.54, 1.807) is 0 Å². The first-order chi connectivity index (χ1) is 9.03. The number of nitrogens with one attached hydrogen (secondary N) is 1. The molecule has 0 fully saturated rings. The molecule has 0 aliphatic carbocycles. The average molecular weight is 323 g/mol. The fourth-order valence-electron chi connectivity index (χ4n) is 1.83. The molecule has 0 bridgehead atoms. The highest BCUT2D eigenvalue weighted by molar-refractivity contribution is 7.67. The number of halogens is 1. The van der Waals surface area contributed by atoms with Crippen LogP contribution in [0.3, 0.4) is 0 Å². The summed E-state index contributed by atoms with van der Waals surface area (Å²) < 4.78 is 36.5. The Labute approximate surface area is 110 Å². The number of pyridine rings is 1. The van der Waals surface area contributed by atoms with Crippen LogP contribution in [0.4, 0.5) is 4.39 Å². The van der Waals surface area contributed by atoms with Crippen molar-refractivity contribution < 1.29 is 33.1 Å². The molecule has 2 rings (SSSR count). The minimum atomic E-state index is -5.32. The second-order valence-electron chi connectivity index (χ2n) is 3.90. The van der Waals surface area contributed by atoms with Crippen LogP contribution in [0.1, 0.15) is 0 Å². The number of hydrogen-bond donors (Lipinski definition) is 5. The van der Waals surface area contributed by atoms with Gasteiger partial charge in [-0.25, -0.2) is 4.39 Å². The predicted octanol–water partition coefficient (Wildman–Crippen LogP) is -0.727. The molecular formula is C9H8FNO7P2. The number of benzene rings is 1. The van der Waals surface area contributed by atoms with E-state index in [1.807, 2.05) is 4.98 Å². The summed E-state index contributed by atoms with van der Waals surface area (Å²) in [6.45, 7) is 0. The quantitative estimate of drug-likeness (QED) is 0.458. The molecule has 8 nitrogen and oxygen atoms in total. The van der Waals surface area contributed by atoms with Crippen molar-refractivity contribution in [3.63, 3.8) is 0 Å². The lowest BCUT2D eigenvalue weighted by Crippen LogP contribution is -2.40. The van der Waals surface area contributed by atoms with Gasteiger partial charge in [-0.1, -0.05) is 6.07 Å². The summed E-state index contributed by atoms with van der Waals surface area (Å²) in [6.07, 6.45) is 0. The number of aromatic amines is 1. The van der Waals surface area contributed by atoms with Crippen molar-refractivity contribution in [3.05, 3.63) is 34.4 Å². The van der Waals surface area contributed by atoms with Crippen molar-refractivity contribution in [2.45, 2.75) is 0 Å². The maximum absolute atomic E-state index is 13.8. The van der Waals surface area contributed by atoms with Crippen molar-refractivity contribution in [2.24, 2.45) is 0 Å². The second-order valence-corrected chi connectivity index (χ2v) is 6.97. The molecule has 1 aromatic heterocycles. The maximum Gasteiger partial charge on any atom is 0.362 e. The highest BCUT2D eigenvalue weighted by Crippen LogP contribution is 2.41. The van der Waals surface area contributed by atoms with Gasteiger partial charge in [0.15, 0.2) is 0 Å². The Hall–Kier alpha value is -1.34. The molecule has 0 spiro atoms. The molecular weight excluding hydrogens is 315 g/mol. The standard InChI is InChI=1S/C9H8FNO7P2/c10-4-2-1-3-5-6(4)7(19(13,14)15)8(9(12)11-5)20(16,17)18/h1-3H,(H,11,12)(H2,13,14,15)(H2,16,17,18). The van der Waals surface area contributed by atoms with Crippen LogP contribution in [0.25, 0.3) is 10.9 Å². The predicted molar refractivity (Wildman–Crippen MR) is 67.9 cm³/mol. The van der Waals surface area contributed by atoms with Crippen LogP contribution >= 0.6 is 15.2 Å². The summed E-state index contributed by atoms with van der Waals surface area (Å²) >= 11 is 0. The zero-order chi connectivity index (χ0) is 15.3. The van der Waals surface area contributed by atoms with Gasteiger partial charge in [0.1, 0.15) is 11.1 Å². The van der Waals surface area contributed by atoms with E-state index in [4.69, 9.17) is 9.79 Å². The van der Waals surface area contributed by atoms with Crippen LogP contribution in [-0.2, 0) is 9.13 Å². The highest BCUT2D eigenvalue weighted by Gasteiger charge is 2.37. The molecule has 0 radical (unpaired) electrons. The average Bonchev–Trinajstić information content (AvgIpc) is 2.24. The van der Waals surface area contributed by atoms with E-state index in [0.717, 1.165) is 12.1 Å². The largest absolute Gasteiger partial charge is 0.362 e. The van der Waals surface area contributed by atoms with Gasteiger partial charge in [0.05, 0.1) is 16.2 Å². The summed E-state index contributed by atoms with van der Waals surface area (Å²) in [4.78, 5) is 50.3. The molecule has 1 heterocycles. The van der Waals surface area contributed by atoms with Crippen LogP contribution in [0.5, 0.6) is 0 Å². The monoisotopic (exact) mass is 323 g/mol. The topological polar surface area (TPSA) is 148 Å². The van der Waals surface area contributed by atoms with Gasteiger partial charge < -0.3 is 24.6 Å². The third-order valence-electron chi connectivity index (χ3n) is 2.52. The van der Waals surface area contributed by atoms with E-state index >= 15 is 0 Å². The Morgan fingerprint density at radius 3 is 2.05 bits per heavy atom. The summed E-state index contributed by atoms with van der Waals surface area (Å²) in [5.74, 6) is -1.12. The van der Waals surface area contributed by atoms with E-state index in [-0.39, 0.29) is 5.52 Å².